The summed E-state index contributed by atoms with van der Waals surface area (Å²) in [6, 6.07) is 26.8. The number of benzene rings is 3. The maximum Gasteiger partial charge on any atom is 0.245 e. The number of amides is 2. The van der Waals surface area contributed by atoms with Gasteiger partial charge in [-0.2, -0.15) is 0 Å². The van der Waals surface area contributed by atoms with Crippen molar-refractivity contribution in [3.05, 3.63) is 108 Å². The first kappa shape index (κ1) is 35.4. The number of H-pyrrole nitrogens is 2. The van der Waals surface area contributed by atoms with Crippen LogP contribution >= 0.6 is 0 Å². The number of carbonyl (C=O) groups is 2. The van der Waals surface area contributed by atoms with E-state index in [1.807, 2.05) is 40.4 Å². The fourth-order valence-corrected chi connectivity index (χ4v) is 8.01. The third kappa shape index (κ3) is 7.33. The molecule has 0 spiro atoms. The molecule has 2 aromatic heterocycles. The standard InChI is InChI=1S/C43H51N7O2/c1-5-48(6-2)40(34-12-8-7-9-13-34)43(52)50-25-11-15-38(50)42-45-28-36(47-42)33-22-18-31(19-23-33)30-16-20-32(21-17-30)35-27-44-41(46-35)37-14-10-24-49(37)39(51)26-29(3)4/h7-9,12-13,16-23,27-29,37-38,40H,5-6,10-11,14-15,24-26H2,1-4H3,(H,44,46)(H,45,47)/t37-,38-,40+/m0/s1. The van der Waals surface area contributed by atoms with Crippen molar-refractivity contribution in [1.29, 1.82) is 0 Å². The number of hydrogen-bond donors (Lipinski definition) is 2. The summed E-state index contributed by atoms with van der Waals surface area (Å²) < 4.78 is 0. The van der Waals surface area contributed by atoms with Crippen molar-refractivity contribution >= 4 is 11.8 Å². The predicted octanol–water partition coefficient (Wildman–Crippen LogP) is 8.59. The Labute approximate surface area is 307 Å². The van der Waals surface area contributed by atoms with Crippen LogP contribution in [0.15, 0.2) is 91.3 Å². The van der Waals surface area contributed by atoms with Crippen LogP contribution in [0.25, 0.3) is 33.6 Å². The fraction of sp³-hybridized carbons (Fsp3) is 0.395. The molecule has 9 nitrogen and oxygen atoms in total. The number of aromatic amines is 2. The zero-order valence-corrected chi connectivity index (χ0v) is 30.9. The van der Waals surface area contributed by atoms with Crippen LogP contribution in [0.2, 0.25) is 0 Å². The monoisotopic (exact) mass is 697 g/mol. The van der Waals surface area contributed by atoms with Gasteiger partial charge < -0.3 is 19.8 Å². The van der Waals surface area contributed by atoms with E-state index < -0.39 is 0 Å². The van der Waals surface area contributed by atoms with Crippen LogP contribution < -0.4 is 0 Å². The van der Waals surface area contributed by atoms with Crippen molar-refractivity contribution in [3.8, 4) is 33.6 Å². The van der Waals surface area contributed by atoms with Crippen molar-refractivity contribution in [2.45, 2.75) is 77.9 Å². The summed E-state index contributed by atoms with van der Waals surface area (Å²) in [5.74, 6) is 2.42. The first-order valence-corrected chi connectivity index (χ1v) is 19.0. The molecule has 52 heavy (non-hydrogen) atoms. The van der Waals surface area contributed by atoms with E-state index in [2.05, 4.69) is 103 Å². The molecule has 0 radical (unpaired) electrons. The van der Waals surface area contributed by atoms with Gasteiger partial charge in [0.05, 0.1) is 35.9 Å². The number of carbonyl (C=O) groups excluding carboxylic acids is 2. The summed E-state index contributed by atoms with van der Waals surface area (Å²) in [7, 11) is 0. The summed E-state index contributed by atoms with van der Waals surface area (Å²) in [4.78, 5) is 49.9. The Morgan fingerprint density at radius 1 is 0.712 bits per heavy atom. The topological polar surface area (TPSA) is 101 Å². The van der Waals surface area contributed by atoms with Crippen molar-refractivity contribution in [1.82, 2.24) is 34.6 Å². The number of likely N-dealkylation sites (N-methyl/N-ethyl adjacent to an activating group) is 1. The molecule has 2 N–H and O–H groups in total. The van der Waals surface area contributed by atoms with Crippen molar-refractivity contribution in [2.75, 3.05) is 26.2 Å². The summed E-state index contributed by atoms with van der Waals surface area (Å²) in [6.07, 6.45) is 8.15. The lowest BCUT2D eigenvalue weighted by atomic mass is 10.0. The Kier molecular flexibility index (Phi) is 10.7. The lowest BCUT2D eigenvalue weighted by Gasteiger charge is -2.34. The Morgan fingerprint density at radius 2 is 1.19 bits per heavy atom. The second-order valence-corrected chi connectivity index (χ2v) is 14.6. The van der Waals surface area contributed by atoms with E-state index in [0.717, 1.165) is 103 Å². The van der Waals surface area contributed by atoms with Gasteiger partial charge in [0.15, 0.2) is 0 Å². The molecular weight excluding hydrogens is 647 g/mol. The van der Waals surface area contributed by atoms with E-state index in [0.29, 0.717) is 12.3 Å². The van der Waals surface area contributed by atoms with Gasteiger partial charge in [0, 0.05) is 19.5 Å². The lowest BCUT2D eigenvalue weighted by Crippen LogP contribution is -2.43. The van der Waals surface area contributed by atoms with Crippen molar-refractivity contribution < 1.29 is 9.59 Å². The number of hydrogen-bond acceptors (Lipinski definition) is 5. The molecule has 270 valence electrons. The Balaban J connectivity index is 1.02. The summed E-state index contributed by atoms with van der Waals surface area (Å²) in [5, 5.41) is 0. The molecule has 0 saturated carbocycles. The largest absolute Gasteiger partial charge is 0.340 e. The molecular formula is C43H51N7O2. The van der Waals surface area contributed by atoms with E-state index in [1.165, 1.54) is 0 Å². The van der Waals surface area contributed by atoms with Gasteiger partial charge in [-0.05, 0) is 72.5 Å². The van der Waals surface area contributed by atoms with Crippen LogP contribution in [0.4, 0.5) is 0 Å². The highest BCUT2D eigenvalue weighted by Crippen LogP contribution is 2.36. The lowest BCUT2D eigenvalue weighted by molar-refractivity contribution is -0.138. The quantitative estimate of drug-likeness (QED) is 0.136. The molecule has 3 atom stereocenters. The molecule has 5 aromatic rings. The molecule has 0 bridgehead atoms. The van der Waals surface area contributed by atoms with E-state index >= 15 is 0 Å². The first-order valence-electron chi connectivity index (χ1n) is 19.0. The fourth-order valence-electron chi connectivity index (χ4n) is 8.01. The number of likely N-dealkylation sites (tertiary alicyclic amines) is 2. The maximum atomic E-state index is 14.2. The van der Waals surface area contributed by atoms with Crippen LogP contribution in [0.1, 0.15) is 95.1 Å². The van der Waals surface area contributed by atoms with Crippen LogP contribution in [0, 0.1) is 5.92 Å². The van der Waals surface area contributed by atoms with E-state index in [4.69, 9.17) is 9.97 Å². The highest BCUT2D eigenvalue weighted by molar-refractivity contribution is 5.84. The Morgan fingerprint density at radius 3 is 1.69 bits per heavy atom. The second-order valence-electron chi connectivity index (χ2n) is 14.6. The van der Waals surface area contributed by atoms with E-state index in [-0.39, 0.29) is 29.9 Å². The molecule has 9 heteroatoms. The SMILES string of the molecule is CCN(CC)[C@@H](C(=O)N1CCC[C@H]1c1ncc(-c2ccc(-c3ccc(-c4cnc([C@@H]5CCCN5C(=O)CC(C)C)[nH]4)cc3)cc2)[nH]1)c1ccccc1. The normalized spacial score (nSPS) is 18.1. The van der Waals surface area contributed by atoms with Crippen LogP contribution in [0.5, 0.6) is 0 Å². The van der Waals surface area contributed by atoms with Gasteiger partial charge in [0.1, 0.15) is 17.7 Å². The Hall–Kier alpha value is -5.02. The third-order valence-corrected chi connectivity index (χ3v) is 10.8. The van der Waals surface area contributed by atoms with Crippen LogP contribution in [-0.4, -0.2) is 72.6 Å². The molecule has 0 unspecified atom stereocenters. The molecule has 4 heterocycles. The summed E-state index contributed by atoms with van der Waals surface area (Å²) in [5.41, 5.74) is 7.31. The molecule has 2 saturated heterocycles. The smallest absolute Gasteiger partial charge is 0.245 e. The molecule has 2 fully saturated rings. The number of rotatable bonds is 12. The molecule has 2 aliphatic heterocycles. The van der Waals surface area contributed by atoms with Gasteiger partial charge in [-0.15, -0.1) is 0 Å². The van der Waals surface area contributed by atoms with Gasteiger partial charge in [0.25, 0.3) is 0 Å². The van der Waals surface area contributed by atoms with Gasteiger partial charge in [-0.1, -0.05) is 107 Å². The molecule has 3 aromatic carbocycles. The minimum absolute atomic E-state index is 0.0212. The number of aromatic nitrogens is 4. The highest BCUT2D eigenvalue weighted by Gasteiger charge is 2.38. The average Bonchev–Trinajstić information content (AvgIpc) is 4.00. The average molecular weight is 698 g/mol. The van der Waals surface area contributed by atoms with Crippen LogP contribution in [0.3, 0.4) is 0 Å². The van der Waals surface area contributed by atoms with Gasteiger partial charge in [-0.3, -0.25) is 14.5 Å². The molecule has 2 amide bonds. The molecule has 2 aliphatic rings. The van der Waals surface area contributed by atoms with Crippen molar-refractivity contribution in [2.24, 2.45) is 5.92 Å². The minimum atomic E-state index is -0.306. The number of nitrogens with zero attached hydrogens (tertiary/aromatic N) is 5. The second kappa shape index (κ2) is 15.7. The van der Waals surface area contributed by atoms with Gasteiger partial charge in [-0.25, -0.2) is 9.97 Å². The number of nitrogens with one attached hydrogen (secondary N) is 2. The molecule has 7 rings (SSSR count). The summed E-state index contributed by atoms with van der Waals surface area (Å²) >= 11 is 0. The van der Waals surface area contributed by atoms with Crippen LogP contribution in [-0.2, 0) is 9.59 Å². The van der Waals surface area contributed by atoms with Gasteiger partial charge in [0.2, 0.25) is 11.8 Å². The highest BCUT2D eigenvalue weighted by atomic mass is 16.2. The third-order valence-electron chi connectivity index (χ3n) is 10.8. The van der Waals surface area contributed by atoms with Crippen molar-refractivity contribution in [3.63, 3.8) is 0 Å². The Bertz CT molecular complexity index is 1940. The first-order chi connectivity index (χ1) is 25.3. The zero-order valence-electron chi connectivity index (χ0n) is 30.9. The number of imidazole rings is 2. The van der Waals surface area contributed by atoms with Gasteiger partial charge >= 0.3 is 0 Å². The van der Waals surface area contributed by atoms with E-state index in [9.17, 15) is 9.59 Å². The zero-order chi connectivity index (χ0) is 36.2. The maximum absolute atomic E-state index is 14.2. The minimum Gasteiger partial charge on any atom is -0.340 e. The summed E-state index contributed by atoms with van der Waals surface area (Å²) in [6.45, 7) is 11.6. The van der Waals surface area contributed by atoms with E-state index in [1.54, 1.807) is 0 Å². The molecule has 0 aliphatic carbocycles. The predicted molar refractivity (Wildman–Crippen MR) is 206 cm³/mol.